The van der Waals surface area contributed by atoms with Crippen LogP contribution < -0.4 is 4.90 Å². The second-order valence-corrected chi connectivity index (χ2v) is 7.82. The van der Waals surface area contributed by atoms with Crippen molar-refractivity contribution < 1.29 is 17.2 Å². The van der Waals surface area contributed by atoms with E-state index in [0.717, 1.165) is 6.07 Å². The predicted molar refractivity (Wildman–Crippen MR) is 88.8 cm³/mol. The molecule has 0 aromatic heterocycles. The molecule has 1 saturated heterocycles. The van der Waals surface area contributed by atoms with E-state index in [9.17, 15) is 17.2 Å². The molecule has 1 aliphatic rings. The Hall–Kier alpha value is -1.70. The predicted octanol–water partition coefficient (Wildman–Crippen LogP) is 3.13. The van der Waals surface area contributed by atoms with E-state index in [1.807, 2.05) is 0 Å². The van der Waals surface area contributed by atoms with Gasteiger partial charge < -0.3 is 4.90 Å². The number of sulfonamides is 1. The summed E-state index contributed by atoms with van der Waals surface area (Å²) in [5.74, 6) is -1.29. The average Bonchev–Trinajstić information content (AvgIpc) is 2.55. The number of anilines is 1. The standard InChI is InChI=1S/C16H15ClF2N2O2S/c17-12-2-1-3-14(10-12)24(22,23)21-8-6-20(7-9-21)16-5-4-13(18)11-15(16)19/h1-5,10-11H,6-9H2. The van der Waals surface area contributed by atoms with E-state index in [0.29, 0.717) is 18.1 Å². The Morgan fingerprint density at radius 3 is 2.29 bits per heavy atom. The summed E-state index contributed by atoms with van der Waals surface area (Å²) in [4.78, 5) is 1.84. The van der Waals surface area contributed by atoms with E-state index >= 15 is 0 Å². The molecule has 3 rings (SSSR count). The zero-order chi connectivity index (χ0) is 17.3. The van der Waals surface area contributed by atoms with Crippen LogP contribution in [0, 0.1) is 11.6 Å². The summed E-state index contributed by atoms with van der Waals surface area (Å²) in [6, 6.07) is 9.47. The second-order valence-electron chi connectivity index (χ2n) is 5.44. The molecule has 0 amide bonds. The first-order chi connectivity index (χ1) is 11.4. The molecule has 1 fully saturated rings. The topological polar surface area (TPSA) is 40.6 Å². The normalized spacial score (nSPS) is 16.4. The van der Waals surface area contributed by atoms with Crippen molar-refractivity contribution in [3.63, 3.8) is 0 Å². The van der Waals surface area contributed by atoms with Crippen molar-refractivity contribution in [1.82, 2.24) is 4.31 Å². The number of benzene rings is 2. The highest BCUT2D eigenvalue weighted by Gasteiger charge is 2.29. The third-order valence-electron chi connectivity index (χ3n) is 3.92. The molecule has 0 unspecified atom stereocenters. The molecule has 4 nitrogen and oxygen atoms in total. The molecule has 0 radical (unpaired) electrons. The fourth-order valence-corrected chi connectivity index (χ4v) is 4.41. The summed E-state index contributed by atoms with van der Waals surface area (Å²) in [6.45, 7) is 1.07. The lowest BCUT2D eigenvalue weighted by molar-refractivity contribution is 0.383. The average molecular weight is 373 g/mol. The molecule has 0 aliphatic carbocycles. The van der Waals surface area contributed by atoms with Crippen LogP contribution in [0.1, 0.15) is 0 Å². The first-order valence-electron chi connectivity index (χ1n) is 7.33. The van der Waals surface area contributed by atoms with Crippen molar-refractivity contribution in [3.8, 4) is 0 Å². The highest BCUT2D eigenvalue weighted by molar-refractivity contribution is 7.89. The van der Waals surface area contributed by atoms with Gasteiger partial charge >= 0.3 is 0 Å². The van der Waals surface area contributed by atoms with Gasteiger partial charge in [0, 0.05) is 37.3 Å². The molecule has 0 bridgehead atoms. The van der Waals surface area contributed by atoms with Gasteiger partial charge in [-0.3, -0.25) is 0 Å². The zero-order valence-corrected chi connectivity index (χ0v) is 14.2. The Bertz CT molecular complexity index is 853. The maximum atomic E-state index is 13.8. The van der Waals surface area contributed by atoms with Crippen LogP contribution in [-0.2, 0) is 10.0 Å². The van der Waals surface area contributed by atoms with Crippen LogP contribution in [-0.4, -0.2) is 38.9 Å². The molecule has 2 aromatic rings. The Morgan fingerprint density at radius 1 is 0.958 bits per heavy atom. The lowest BCUT2D eigenvalue weighted by Gasteiger charge is -2.35. The Kier molecular flexibility index (Phi) is 4.76. The summed E-state index contributed by atoms with van der Waals surface area (Å²) < 4.78 is 53.4. The minimum atomic E-state index is -3.64. The van der Waals surface area contributed by atoms with Crippen molar-refractivity contribution in [3.05, 3.63) is 59.1 Å². The number of nitrogens with zero attached hydrogens (tertiary/aromatic N) is 2. The van der Waals surface area contributed by atoms with Crippen molar-refractivity contribution in [2.75, 3.05) is 31.1 Å². The molecule has 0 atom stereocenters. The zero-order valence-electron chi connectivity index (χ0n) is 12.6. The van der Waals surface area contributed by atoms with Crippen molar-refractivity contribution in [2.24, 2.45) is 0 Å². The van der Waals surface area contributed by atoms with Gasteiger partial charge in [-0.05, 0) is 30.3 Å². The van der Waals surface area contributed by atoms with Crippen LogP contribution in [0.25, 0.3) is 0 Å². The molecule has 0 saturated carbocycles. The Labute approximate surface area is 144 Å². The fraction of sp³-hybridized carbons (Fsp3) is 0.250. The smallest absolute Gasteiger partial charge is 0.243 e. The van der Waals surface area contributed by atoms with E-state index in [1.54, 1.807) is 17.0 Å². The molecule has 24 heavy (non-hydrogen) atoms. The van der Waals surface area contributed by atoms with Gasteiger partial charge in [0.2, 0.25) is 10.0 Å². The summed E-state index contributed by atoms with van der Waals surface area (Å²) in [6.07, 6.45) is 0. The molecule has 1 aliphatic heterocycles. The lowest BCUT2D eigenvalue weighted by atomic mass is 10.2. The van der Waals surface area contributed by atoms with Gasteiger partial charge in [0.15, 0.2) is 0 Å². The van der Waals surface area contributed by atoms with Crippen LogP contribution in [0.4, 0.5) is 14.5 Å². The second kappa shape index (κ2) is 6.66. The van der Waals surface area contributed by atoms with Crippen molar-refractivity contribution >= 4 is 27.3 Å². The van der Waals surface area contributed by atoms with Gasteiger partial charge in [-0.2, -0.15) is 4.31 Å². The van der Waals surface area contributed by atoms with E-state index in [-0.39, 0.29) is 23.7 Å². The molecular weight excluding hydrogens is 358 g/mol. The van der Waals surface area contributed by atoms with Crippen molar-refractivity contribution in [2.45, 2.75) is 4.90 Å². The molecule has 0 spiro atoms. The quantitative estimate of drug-likeness (QED) is 0.831. The maximum absolute atomic E-state index is 13.8. The van der Waals surface area contributed by atoms with Crippen LogP contribution in [0.5, 0.6) is 0 Å². The lowest BCUT2D eigenvalue weighted by Crippen LogP contribution is -2.48. The van der Waals surface area contributed by atoms with Crippen LogP contribution >= 0.6 is 11.6 Å². The summed E-state index contributed by atoms with van der Waals surface area (Å²) in [5, 5.41) is 0.350. The highest BCUT2D eigenvalue weighted by Crippen LogP contribution is 2.25. The van der Waals surface area contributed by atoms with Gasteiger partial charge in [-0.25, -0.2) is 17.2 Å². The summed E-state index contributed by atoms with van der Waals surface area (Å²) in [5.41, 5.74) is 0.274. The van der Waals surface area contributed by atoms with Crippen molar-refractivity contribution in [1.29, 1.82) is 0 Å². The third kappa shape index (κ3) is 3.38. The van der Waals surface area contributed by atoms with E-state index in [2.05, 4.69) is 0 Å². The van der Waals surface area contributed by atoms with Gasteiger partial charge in [0.05, 0.1) is 10.6 Å². The molecule has 1 heterocycles. The molecule has 128 valence electrons. The van der Waals surface area contributed by atoms with Gasteiger partial charge in [0.25, 0.3) is 0 Å². The Morgan fingerprint density at radius 2 is 1.67 bits per heavy atom. The first kappa shape index (κ1) is 17.1. The van der Waals surface area contributed by atoms with E-state index < -0.39 is 21.7 Å². The number of rotatable bonds is 3. The van der Waals surface area contributed by atoms with Gasteiger partial charge in [0.1, 0.15) is 11.6 Å². The minimum absolute atomic E-state index is 0.136. The van der Waals surface area contributed by atoms with E-state index in [4.69, 9.17) is 11.6 Å². The molecule has 0 N–H and O–H groups in total. The van der Waals surface area contributed by atoms with E-state index in [1.165, 1.54) is 28.6 Å². The maximum Gasteiger partial charge on any atom is 0.243 e. The number of halogens is 3. The Balaban J connectivity index is 1.75. The van der Waals surface area contributed by atoms with Gasteiger partial charge in [-0.15, -0.1) is 0 Å². The SMILES string of the molecule is O=S(=O)(c1cccc(Cl)c1)N1CCN(c2ccc(F)cc2F)CC1. The summed E-state index contributed by atoms with van der Waals surface area (Å²) >= 11 is 5.86. The fourth-order valence-electron chi connectivity index (χ4n) is 2.68. The molecule has 8 heteroatoms. The highest BCUT2D eigenvalue weighted by atomic mass is 35.5. The number of piperazine rings is 1. The number of hydrogen-bond acceptors (Lipinski definition) is 3. The third-order valence-corrected chi connectivity index (χ3v) is 6.05. The minimum Gasteiger partial charge on any atom is -0.367 e. The molecule has 2 aromatic carbocycles. The molecular formula is C16H15ClF2N2O2S. The number of hydrogen-bond donors (Lipinski definition) is 0. The van der Waals surface area contributed by atoms with Crippen LogP contribution in [0.15, 0.2) is 47.4 Å². The van der Waals surface area contributed by atoms with Crippen LogP contribution in [0.3, 0.4) is 0 Å². The first-order valence-corrected chi connectivity index (χ1v) is 9.15. The monoisotopic (exact) mass is 372 g/mol. The summed E-state index contributed by atoms with van der Waals surface area (Å²) in [7, 11) is -3.64. The largest absolute Gasteiger partial charge is 0.367 e. The van der Waals surface area contributed by atoms with Crippen LogP contribution in [0.2, 0.25) is 5.02 Å². The van der Waals surface area contributed by atoms with Gasteiger partial charge in [-0.1, -0.05) is 17.7 Å².